The molecule has 2 amide bonds. The summed E-state index contributed by atoms with van der Waals surface area (Å²) in [5.74, 6) is 1.44. The van der Waals surface area contributed by atoms with Gasteiger partial charge in [-0.3, -0.25) is 4.79 Å². The highest BCUT2D eigenvalue weighted by atomic mass is 32.1. The fourth-order valence-electron chi connectivity index (χ4n) is 5.66. The van der Waals surface area contributed by atoms with Crippen LogP contribution in [0.2, 0.25) is 0 Å². The Balaban J connectivity index is 1.23. The summed E-state index contributed by atoms with van der Waals surface area (Å²) in [5.41, 5.74) is 3.85. The molecule has 0 radical (unpaired) electrons. The van der Waals surface area contributed by atoms with Gasteiger partial charge in [-0.25, -0.2) is 14.8 Å². The van der Waals surface area contributed by atoms with Gasteiger partial charge in [0.15, 0.2) is 10.9 Å². The number of likely N-dealkylation sites (tertiary alicyclic amines) is 1. The van der Waals surface area contributed by atoms with Gasteiger partial charge in [0.1, 0.15) is 11.4 Å². The lowest BCUT2D eigenvalue weighted by atomic mass is 9.98. The number of methoxy groups -OCH3 is 1. The van der Waals surface area contributed by atoms with Crippen LogP contribution in [-0.4, -0.2) is 66.7 Å². The Morgan fingerprint density at radius 3 is 2.85 bits per heavy atom. The van der Waals surface area contributed by atoms with Gasteiger partial charge in [-0.05, 0) is 55.0 Å². The molecule has 2 bridgehead atoms. The molecular weight excluding hydrogens is 534 g/mol. The second-order valence-corrected chi connectivity index (χ2v) is 11.9. The minimum atomic E-state index is -0.535. The molecule has 2 fully saturated rings. The number of hydrogen-bond acceptors (Lipinski definition) is 9. The molecular formula is C28H29N5O4S2. The number of piperidine rings is 1. The molecule has 1 aliphatic heterocycles. The molecule has 2 aromatic heterocycles. The summed E-state index contributed by atoms with van der Waals surface area (Å²) in [7, 11) is 5.47. The number of amides is 2. The summed E-state index contributed by atoms with van der Waals surface area (Å²) in [5, 5.41) is 3.68. The second kappa shape index (κ2) is 10.5. The molecule has 1 saturated carbocycles. The first kappa shape index (κ1) is 25.6. The van der Waals surface area contributed by atoms with E-state index in [0.29, 0.717) is 23.9 Å². The molecule has 1 saturated heterocycles. The highest BCUT2D eigenvalue weighted by molar-refractivity contribution is 7.19. The average Bonchev–Trinajstić information content (AvgIpc) is 3.74. The smallest absolute Gasteiger partial charge is 0.412 e. The largest absolute Gasteiger partial charge is 0.497 e. The molecule has 11 heteroatoms. The van der Waals surface area contributed by atoms with E-state index < -0.39 is 6.09 Å². The first-order valence-corrected chi connectivity index (χ1v) is 14.6. The molecule has 39 heavy (non-hydrogen) atoms. The lowest BCUT2D eigenvalue weighted by molar-refractivity contribution is 0.0586. The Labute approximate surface area is 234 Å². The number of aromatic nitrogens is 2. The van der Waals surface area contributed by atoms with Crippen LogP contribution in [-0.2, 0) is 0 Å². The van der Waals surface area contributed by atoms with Crippen molar-refractivity contribution in [3.63, 3.8) is 0 Å². The van der Waals surface area contributed by atoms with Crippen LogP contribution in [0.5, 0.6) is 11.5 Å². The number of ether oxygens (including phenoxy) is 2. The number of carbonyl (C=O) groups excluding carboxylic acids is 2. The molecule has 2 aliphatic rings. The minimum Gasteiger partial charge on any atom is -0.497 e. The van der Waals surface area contributed by atoms with Crippen LogP contribution in [0.1, 0.15) is 29.8 Å². The van der Waals surface area contributed by atoms with Crippen LogP contribution in [0, 0.1) is 5.92 Å². The first-order chi connectivity index (χ1) is 18.9. The second-order valence-electron chi connectivity index (χ2n) is 10.0. The molecule has 9 nitrogen and oxygen atoms in total. The molecule has 6 rings (SSSR count). The maximum absolute atomic E-state index is 14.2. The number of rotatable bonds is 7. The number of nitrogens with zero attached hydrogens (tertiary/aromatic N) is 4. The predicted molar refractivity (Wildman–Crippen MR) is 153 cm³/mol. The Bertz CT molecular complexity index is 1530. The van der Waals surface area contributed by atoms with E-state index in [1.165, 1.54) is 22.7 Å². The SMILES string of the molecule is COc1cccc(-c2sc(N(C)C)nc2C(=O)N2[C@@H]3CC[C@@H](C3)[C@H]2CNC(=O)Oc2cccc3ncsc23)c1. The molecule has 1 N–H and O–H groups in total. The Hall–Kier alpha value is -3.70. The van der Waals surface area contributed by atoms with E-state index >= 15 is 0 Å². The molecule has 2 aromatic carbocycles. The number of nitrogens with one attached hydrogen (secondary N) is 1. The summed E-state index contributed by atoms with van der Waals surface area (Å²) < 4.78 is 11.9. The van der Waals surface area contributed by atoms with Crippen molar-refractivity contribution in [3.05, 3.63) is 53.7 Å². The van der Waals surface area contributed by atoms with Crippen molar-refractivity contribution < 1.29 is 19.1 Å². The van der Waals surface area contributed by atoms with E-state index in [0.717, 1.165) is 50.8 Å². The summed E-state index contributed by atoms with van der Waals surface area (Å²) >= 11 is 2.92. The van der Waals surface area contributed by atoms with Crippen molar-refractivity contribution in [2.45, 2.75) is 31.3 Å². The van der Waals surface area contributed by atoms with Crippen molar-refractivity contribution >= 4 is 50.0 Å². The van der Waals surface area contributed by atoms with Crippen LogP contribution in [0.3, 0.4) is 0 Å². The maximum atomic E-state index is 14.2. The maximum Gasteiger partial charge on any atom is 0.412 e. The molecule has 0 spiro atoms. The van der Waals surface area contributed by atoms with E-state index in [4.69, 9.17) is 14.5 Å². The molecule has 202 valence electrons. The molecule has 3 heterocycles. The van der Waals surface area contributed by atoms with Crippen LogP contribution in [0.25, 0.3) is 20.7 Å². The fraction of sp³-hybridized carbons (Fsp3) is 0.357. The zero-order chi connectivity index (χ0) is 27.1. The number of thiazole rings is 2. The summed E-state index contributed by atoms with van der Waals surface area (Å²) in [6, 6.07) is 13.2. The monoisotopic (exact) mass is 563 g/mol. The van der Waals surface area contributed by atoms with E-state index in [1.54, 1.807) is 18.7 Å². The van der Waals surface area contributed by atoms with E-state index in [2.05, 4.69) is 10.3 Å². The van der Waals surface area contributed by atoms with Crippen LogP contribution in [0.4, 0.5) is 9.93 Å². The van der Waals surface area contributed by atoms with E-state index in [-0.39, 0.29) is 18.0 Å². The van der Waals surface area contributed by atoms with Gasteiger partial charge in [-0.15, -0.1) is 11.3 Å². The van der Waals surface area contributed by atoms with E-state index in [1.807, 2.05) is 60.3 Å². The lowest BCUT2D eigenvalue weighted by Crippen LogP contribution is -2.50. The van der Waals surface area contributed by atoms with Gasteiger partial charge < -0.3 is 24.6 Å². The molecule has 3 atom stereocenters. The van der Waals surface area contributed by atoms with Crippen molar-refractivity contribution in [1.29, 1.82) is 0 Å². The Morgan fingerprint density at radius 2 is 2.03 bits per heavy atom. The van der Waals surface area contributed by atoms with Crippen molar-refractivity contribution in [2.24, 2.45) is 5.92 Å². The zero-order valence-corrected chi connectivity index (χ0v) is 23.6. The highest BCUT2D eigenvalue weighted by Crippen LogP contribution is 2.45. The average molecular weight is 564 g/mol. The number of fused-ring (bicyclic) bond motifs is 3. The van der Waals surface area contributed by atoms with Gasteiger partial charge in [0.05, 0.1) is 33.8 Å². The van der Waals surface area contributed by atoms with Gasteiger partial charge in [-0.1, -0.05) is 29.5 Å². The van der Waals surface area contributed by atoms with Crippen molar-refractivity contribution in [3.8, 4) is 21.9 Å². The third-order valence-electron chi connectivity index (χ3n) is 7.49. The van der Waals surface area contributed by atoms with Gasteiger partial charge in [0, 0.05) is 26.7 Å². The standard InChI is InChI=1S/C28H29N5O4S2/c1-32(2)27-31-23(24(39-27)17-6-4-7-19(13-17)36-3)26(34)33-18-11-10-16(12-18)21(33)14-29-28(35)37-22-9-5-8-20-25(22)38-15-30-20/h4-9,13,15-16,18,21H,10-12,14H2,1-3H3,(H,29,35)/t16-,18+,21+/m0/s1. The minimum absolute atomic E-state index is 0.0982. The van der Waals surface area contributed by atoms with Crippen molar-refractivity contribution in [1.82, 2.24) is 20.2 Å². The normalized spacial score (nSPS) is 19.9. The summed E-state index contributed by atoms with van der Waals surface area (Å²) in [6.45, 7) is 0.323. The number of carbonyl (C=O) groups is 2. The topological polar surface area (TPSA) is 96.9 Å². The summed E-state index contributed by atoms with van der Waals surface area (Å²) in [6.07, 6.45) is 2.40. The van der Waals surface area contributed by atoms with Gasteiger partial charge in [0.25, 0.3) is 5.91 Å². The number of benzene rings is 2. The number of anilines is 1. The first-order valence-electron chi connectivity index (χ1n) is 12.9. The third-order valence-corrected chi connectivity index (χ3v) is 9.62. The van der Waals surface area contributed by atoms with Crippen LogP contribution >= 0.6 is 22.7 Å². The molecule has 1 aliphatic carbocycles. The Morgan fingerprint density at radius 1 is 1.18 bits per heavy atom. The number of hydrogen-bond donors (Lipinski definition) is 1. The predicted octanol–water partition coefficient (Wildman–Crippen LogP) is 5.28. The highest BCUT2D eigenvalue weighted by Gasteiger charge is 2.49. The van der Waals surface area contributed by atoms with Gasteiger partial charge >= 0.3 is 6.09 Å². The molecule has 4 aromatic rings. The summed E-state index contributed by atoms with van der Waals surface area (Å²) in [4.78, 5) is 40.7. The molecule has 0 unspecified atom stereocenters. The zero-order valence-electron chi connectivity index (χ0n) is 21.9. The van der Waals surface area contributed by atoms with Gasteiger partial charge in [0.2, 0.25) is 0 Å². The van der Waals surface area contributed by atoms with Crippen molar-refractivity contribution in [2.75, 3.05) is 32.6 Å². The Kier molecular flexibility index (Phi) is 6.86. The third kappa shape index (κ3) is 4.80. The van der Waals surface area contributed by atoms with Gasteiger partial charge in [-0.2, -0.15) is 0 Å². The van der Waals surface area contributed by atoms with Crippen LogP contribution in [0.15, 0.2) is 48.0 Å². The lowest BCUT2D eigenvalue weighted by Gasteiger charge is -2.35. The van der Waals surface area contributed by atoms with E-state index in [9.17, 15) is 9.59 Å². The quantitative estimate of drug-likeness (QED) is 0.327. The van der Waals surface area contributed by atoms with Crippen LogP contribution < -0.4 is 19.7 Å². The fourth-order valence-corrected chi connectivity index (χ4v) is 7.38.